The van der Waals surface area contributed by atoms with Crippen LogP contribution in [0.1, 0.15) is 31.1 Å². The Balaban J connectivity index is 3.02. The van der Waals surface area contributed by atoms with Crippen LogP contribution in [0.15, 0.2) is 35.7 Å². The number of carbonyl (C=O) groups is 2. The zero-order valence-electron chi connectivity index (χ0n) is 15.2. The fourth-order valence-corrected chi connectivity index (χ4v) is 3.05. The van der Waals surface area contributed by atoms with Gasteiger partial charge in [-0.2, -0.15) is 0 Å². The summed E-state index contributed by atoms with van der Waals surface area (Å²) in [6.45, 7) is 8.05. The van der Waals surface area contributed by atoms with Gasteiger partial charge in [-0.3, -0.25) is 9.59 Å². The van der Waals surface area contributed by atoms with Crippen molar-refractivity contribution in [2.24, 2.45) is 0 Å². The molecule has 0 unspecified atom stereocenters. The molecule has 0 saturated heterocycles. The van der Waals surface area contributed by atoms with Crippen molar-refractivity contribution in [3.8, 4) is 0 Å². The molecule has 0 bridgehead atoms. The Labute approximate surface area is 152 Å². The first-order valence-corrected chi connectivity index (χ1v) is 9.23. The van der Waals surface area contributed by atoms with Gasteiger partial charge in [-0.25, -0.2) is 17.5 Å². The minimum atomic E-state index is -4.14. The Morgan fingerprint density at radius 3 is 2.50 bits per heavy atom. The van der Waals surface area contributed by atoms with Crippen molar-refractivity contribution in [3.63, 3.8) is 0 Å². The normalized spacial score (nSPS) is 11.7. The third-order valence-corrected chi connectivity index (χ3v) is 4.46. The van der Waals surface area contributed by atoms with Gasteiger partial charge in [-0.05, 0) is 39.0 Å². The van der Waals surface area contributed by atoms with Crippen molar-refractivity contribution in [3.05, 3.63) is 42.2 Å². The number of hydrogen-bond donors (Lipinski definition) is 1. The molecule has 0 atom stereocenters. The molecule has 1 aromatic carbocycles. The first kappa shape index (κ1) is 21.8. The molecule has 144 valence electrons. The van der Waals surface area contributed by atoms with E-state index in [1.807, 2.05) is 0 Å². The van der Waals surface area contributed by atoms with Crippen LogP contribution in [0, 0.1) is 5.82 Å². The highest BCUT2D eigenvalue weighted by Gasteiger charge is 2.24. The smallest absolute Gasteiger partial charge is 0.326 e. The fourth-order valence-electron chi connectivity index (χ4n) is 1.95. The number of esters is 1. The summed E-state index contributed by atoms with van der Waals surface area (Å²) in [7, 11) is -2.78. The third kappa shape index (κ3) is 6.23. The van der Waals surface area contributed by atoms with Crippen molar-refractivity contribution < 1.29 is 27.1 Å². The van der Waals surface area contributed by atoms with Gasteiger partial charge in [0.15, 0.2) is 0 Å². The number of amides is 1. The summed E-state index contributed by atoms with van der Waals surface area (Å²) in [4.78, 5) is 24.6. The van der Waals surface area contributed by atoms with Gasteiger partial charge in [0.2, 0.25) is 10.0 Å². The second-order valence-corrected chi connectivity index (χ2v) is 8.27. The van der Waals surface area contributed by atoms with E-state index in [2.05, 4.69) is 11.3 Å². The lowest BCUT2D eigenvalue weighted by atomic mass is 10.2. The molecule has 26 heavy (non-hydrogen) atoms. The highest BCUT2D eigenvalue weighted by molar-refractivity contribution is 7.89. The number of sulfonamides is 1. The lowest BCUT2D eigenvalue weighted by Crippen LogP contribution is -2.36. The molecule has 1 amide bonds. The molecule has 0 aliphatic heterocycles. The van der Waals surface area contributed by atoms with Gasteiger partial charge in [0.05, 0.1) is 0 Å². The standard InChI is InChI=1S/C17H23FN2O5S/c1-6-9-19-26(23,24)14-10-12(7-8-13(14)18)16(22)20(5)11-15(21)25-17(2,3)4/h6-8,10,19H,1,9,11H2,2-5H3. The Morgan fingerprint density at radius 2 is 1.96 bits per heavy atom. The van der Waals surface area contributed by atoms with Gasteiger partial charge in [-0.15, -0.1) is 6.58 Å². The van der Waals surface area contributed by atoms with Gasteiger partial charge >= 0.3 is 5.97 Å². The van der Waals surface area contributed by atoms with Gasteiger partial charge in [0.25, 0.3) is 5.91 Å². The van der Waals surface area contributed by atoms with Crippen LogP contribution >= 0.6 is 0 Å². The number of nitrogens with zero attached hydrogens (tertiary/aromatic N) is 1. The van der Waals surface area contributed by atoms with Crippen LogP contribution in [-0.2, 0) is 19.6 Å². The van der Waals surface area contributed by atoms with Crippen molar-refractivity contribution in [2.45, 2.75) is 31.3 Å². The van der Waals surface area contributed by atoms with Crippen LogP contribution in [0.3, 0.4) is 0 Å². The van der Waals surface area contributed by atoms with Crippen LogP contribution in [-0.4, -0.2) is 50.9 Å². The lowest BCUT2D eigenvalue weighted by Gasteiger charge is -2.22. The van der Waals surface area contributed by atoms with E-state index in [4.69, 9.17) is 4.74 Å². The summed E-state index contributed by atoms with van der Waals surface area (Å²) in [5.74, 6) is -2.25. The van der Waals surface area contributed by atoms with E-state index in [1.54, 1.807) is 20.8 Å². The van der Waals surface area contributed by atoms with E-state index in [0.29, 0.717) is 0 Å². The van der Waals surface area contributed by atoms with Gasteiger partial charge in [0.1, 0.15) is 22.9 Å². The highest BCUT2D eigenvalue weighted by atomic mass is 32.2. The quantitative estimate of drug-likeness (QED) is 0.569. The van der Waals surface area contributed by atoms with E-state index in [-0.39, 0.29) is 18.7 Å². The zero-order valence-corrected chi connectivity index (χ0v) is 16.0. The summed E-state index contributed by atoms with van der Waals surface area (Å²) >= 11 is 0. The maximum Gasteiger partial charge on any atom is 0.326 e. The van der Waals surface area contributed by atoms with Gasteiger partial charge in [-0.1, -0.05) is 6.08 Å². The third-order valence-electron chi connectivity index (χ3n) is 3.02. The van der Waals surface area contributed by atoms with Gasteiger partial charge < -0.3 is 9.64 Å². The number of ether oxygens (including phenoxy) is 1. The van der Waals surface area contributed by atoms with Gasteiger partial charge in [0, 0.05) is 19.2 Å². The van der Waals surface area contributed by atoms with E-state index < -0.39 is 38.2 Å². The predicted octanol–water partition coefficient (Wildman–Crippen LogP) is 1.70. The number of carbonyl (C=O) groups excluding carboxylic acids is 2. The fraction of sp³-hybridized carbons (Fsp3) is 0.412. The molecule has 1 aromatic rings. The van der Waals surface area contributed by atoms with E-state index >= 15 is 0 Å². The van der Waals surface area contributed by atoms with E-state index in [0.717, 1.165) is 23.1 Å². The molecule has 0 saturated carbocycles. The van der Waals surface area contributed by atoms with Crippen molar-refractivity contribution in [2.75, 3.05) is 20.1 Å². The number of hydrogen-bond acceptors (Lipinski definition) is 5. The monoisotopic (exact) mass is 386 g/mol. The van der Waals surface area contributed by atoms with Crippen LogP contribution < -0.4 is 4.72 Å². The molecule has 0 aliphatic carbocycles. The van der Waals surface area contributed by atoms with Crippen LogP contribution in [0.5, 0.6) is 0 Å². The average molecular weight is 386 g/mol. The molecule has 0 heterocycles. The average Bonchev–Trinajstić information content (AvgIpc) is 2.50. The maximum atomic E-state index is 13.9. The van der Waals surface area contributed by atoms with E-state index in [1.165, 1.54) is 13.1 Å². The van der Waals surface area contributed by atoms with Crippen molar-refractivity contribution in [1.29, 1.82) is 0 Å². The molecule has 0 fully saturated rings. The molecule has 0 spiro atoms. The second kappa shape index (κ2) is 8.41. The van der Waals surface area contributed by atoms with Crippen LogP contribution in [0.2, 0.25) is 0 Å². The first-order chi connectivity index (χ1) is 11.9. The summed E-state index contributed by atoms with van der Waals surface area (Å²) < 4.78 is 45.4. The Hall–Kier alpha value is -2.26. The lowest BCUT2D eigenvalue weighted by molar-refractivity contribution is -0.155. The summed E-state index contributed by atoms with van der Waals surface area (Å²) in [5.41, 5.74) is -0.772. The number of rotatable bonds is 7. The number of likely N-dealkylation sites (N-methyl/N-ethyl adjacent to an activating group) is 1. The Bertz CT molecular complexity index is 800. The number of nitrogens with one attached hydrogen (secondary N) is 1. The SMILES string of the molecule is C=CCNS(=O)(=O)c1cc(C(=O)N(C)CC(=O)OC(C)(C)C)ccc1F. The Kier molecular flexibility index (Phi) is 7.05. The Morgan fingerprint density at radius 1 is 1.35 bits per heavy atom. The highest BCUT2D eigenvalue weighted by Crippen LogP contribution is 2.17. The first-order valence-electron chi connectivity index (χ1n) is 7.75. The van der Waals surface area contributed by atoms with Crippen LogP contribution in [0.25, 0.3) is 0 Å². The van der Waals surface area contributed by atoms with Crippen LogP contribution in [0.4, 0.5) is 4.39 Å². The molecular weight excluding hydrogens is 363 g/mol. The molecule has 9 heteroatoms. The molecule has 0 radical (unpaired) electrons. The maximum absolute atomic E-state index is 13.9. The molecule has 7 nitrogen and oxygen atoms in total. The van der Waals surface area contributed by atoms with Crippen molar-refractivity contribution in [1.82, 2.24) is 9.62 Å². The molecule has 1 N–H and O–H groups in total. The number of benzene rings is 1. The predicted molar refractivity (Wildman–Crippen MR) is 94.6 cm³/mol. The molecular formula is C17H23FN2O5S. The zero-order chi connectivity index (χ0) is 20.1. The minimum Gasteiger partial charge on any atom is -0.459 e. The molecule has 0 aliphatic rings. The molecule has 1 rings (SSSR count). The summed E-state index contributed by atoms with van der Waals surface area (Å²) in [5, 5.41) is 0. The van der Waals surface area contributed by atoms with Crippen molar-refractivity contribution >= 4 is 21.9 Å². The second-order valence-electron chi connectivity index (χ2n) is 6.53. The summed E-state index contributed by atoms with van der Waals surface area (Å²) in [6.07, 6.45) is 1.30. The minimum absolute atomic E-state index is 0.0727. The summed E-state index contributed by atoms with van der Waals surface area (Å²) in [6, 6.07) is 2.96. The van der Waals surface area contributed by atoms with E-state index in [9.17, 15) is 22.4 Å². The topological polar surface area (TPSA) is 92.8 Å². The number of halogens is 1. The largest absolute Gasteiger partial charge is 0.459 e. The molecule has 0 aromatic heterocycles.